The SMILES string of the molecule is C=C(N/C=C(\S)N1CCCCC1)c1ccnc(Nc2cc(C)cc(C)c2)n1. The number of aryl methyl sites for hydroxylation is 2. The monoisotopic (exact) mass is 381 g/mol. The van der Waals surface area contributed by atoms with Crippen LogP contribution >= 0.6 is 12.6 Å². The molecule has 0 amide bonds. The third-order valence-electron chi connectivity index (χ3n) is 4.50. The van der Waals surface area contributed by atoms with Gasteiger partial charge in [0.1, 0.15) is 0 Å². The van der Waals surface area contributed by atoms with Crippen molar-refractivity contribution in [3.8, 4) is 0 Å². The van der Waals surface area contributed by atoms with Gasteiger partial charge in [0.2, 0.25) is 5.95 Å². The molecular formula is C21H27N5S. The molecule has 1 fully saturated rings. The Morgan fingerprint density at radius 1 is 1.15 bits per heavy atom. The van der Waals surface area contributed by atoms with Gasteiger partial charge in [0, 0.05) is 31.2 Å². The van der Waals surface area contributed by atoms with Crippen LogP contribution in [0.5, 0.6) is 0 Å². The van der Waals surface area contributed by atoms with E-state index in [4.69, 9.17) is 0 Å². The van der Waals surface area contributed by atoms with Gasteiger partial charge in [-0.2, -0.15) is 0 Å². The predicted molar refractivity (Wildman–Crippen MR) is 116 cm³/mol. The van der Waals surface area contributed by atoms with Crippen LogP contribution in [0.25, 0.3) is 5.70 Å². The van der Waals surface area contributed by atoms with Crippen LogP contribution in [0.4, 0.5) is 11.6 Å². The van der Waals surface area contributed by atoms with E-state index in [1.807, 2.05) is 12.3 Å². The van der Waals surface area contributed by atoms with Gasteiger partial charge in [-0.15, -0.1) is 12.6 Å². The second kappa shape index (κ2) is 8.95. The standard InChI is InChI=1S/C21H27N5S/c1-15-11-16(2)13-18(12-15)24-21-22-8-7-19(25-21)17(3)23-14-20(27)26-9-5-4-6-10-26/h7-8,11-14,23,27H,3-6,9-10H2,1-2H3,(H,22,24,25)/b20-14-. The highest BCUT2D eigenvalue weighted by Gasteiger charge is 2.11. The van der Waals surface area contributed by atoms with Crippen molar-refractivity contribution in [3.05, 3.63) is 65.1 Å². The van der Waals surface area contributed by atoms with Gasteiger partial charge in [-0.1, -0.05) is 12.6 Å². The molecule has 1 saturated heterocycles. The van der Waals surface area contributed by atoms with E-state index >= 15 is 0 Å². The highest BCUT2D eigenvalue weighted by atomic mass is 32.1. The van der Waals surface area contributed by atoms with Gasteiger partial charge in [0.05, 0.1) is 16.4 Å². The zero-order valence-electron chi connectivity index (χ0n) is 16.0. The topological polar surface area (TPSA) is 53.1 Å². The minimum atomic E-state index is 0.548. The summed E-state index contributed by atoms with van der Waals surface area (Å²) in [5, 5.41) is 7.41. The minimum absolute atomic E-state index is 0.548. The molecule has 5 nitrogen and oxygen atoms in total. The summed E-state index contributed by atoms with van der Waals surface area (Å²) in [6, 6.07) is 8.13. The number of likely N-dealkylation sites (tertiary alicyclic amines) is 1. The smallest absolute Gasteiger partial charge is 0.227 e. The van der Waals surface area contributed by atoms with Crippen molar-refractivity contribution in [1.82, 2.24) is 20.2 Å². The maximum atomic E-state index is 4.60. The molecule has 0 radical (unpaired) electrons. The van der Waals surface area contributed by atoms with Crippen LogP contribution in [-0.2, 0) is 0 Å². The summed E-state index contributed by atoms with van der Waals surface area (Å²) in [6.45, 7) is 10.4. The highest BCUT2D eigenvalue weighted by molar-refractivity contribution is 7.84. The zero-order chi connectivity index (χ0) is 19.2. The first kappa shape index (κ1) is 19.3. The molecule has 0 saturated carbocycles. The number of benzene rings is 1. The summed E-state index contributed by atoms with van der Waals surface area (Å²) in [4.78, 5) is 11.2. The third kappa shape index (κ3) is 5.50. The van der Waals surface area contributed by atoms with E-state index in [-0.39, 0.29) is 0 Å². The molecule has 6 heteroatoms. The number of thiol groups is 1. The first-order valence-electron chi connectivity index (χ1n) is 9.29. The molecule has 142 valence electrons. The van der Waals surface area contributed by atoms with Crippen molar-refractivity contribution < 1.29 is 0 Å². The summed E-state index contributed by atoms with van der Waals surface area (Å²) in [5.74, 6) is 0.548. The van der Waals surface area contributed by atoms with E-state index in [0.29, 0.717) is 11.6 Å². The van der Waals surface area contributed by atoms with Crippen molar-refractivity contribution >= 4 is 30.0 Å². The number of hydrogen-bond donors (Lipinski definition) is 3. The normalized spacial score (nSPS) is 14.8. The summed E-state index contributed by atoms with van der Waals surface area (Å²) in [7, 11) is 0. The van der Waals surface area contributed by atoms with E-state index in [0.717, 1.165) is 29.5 Å². The Hall–Kier alpha value is -2.47. The molecule has 27 heavy (non-hydrogen) atoms. The fourth-order valence-corrected chi connectivity index (χ4v) is 3.47. The molecule has 3 rings (SSSR count). The van der Waals surface area contributed by atoms with Gasteiger partial charge in [-0.25, -0.2) is 9.97 Å². The summed E-state index contributed by atoms with van der Waals surface area (Å²) < 4.78 is 0. The van der Waals surface area contributed by atoms with Gasteiger partial charge in [0.25, 0.3) is 0 Å². The van der Waals surface area contributed by atoms with E-state index in [2.05, 4.69) is 76.8 Å². The molecule has 1 aliphatic rings. The maximum Gasteiger partial charge on any atom is 0.227 e. The van der Waals surface area contributed by atoms with Crippen LogP contribution < -0.4 is 10.6 Å². The predicted octanol–water partition coefficient (Wildman–Crippen LogP) is 4.61. The number of aromatic nitrogens is 2. The number of nitrogens with zero attached hydrogens (tertiary/aromatic N) is 3. The quantitative estimate of drug-likeness (QED) is 0.638. The van der Waals surface area contributed by atoms with Gasteiger partial charge < -0.3 is 15.5 Å². The van der Waals surface area contributed by atoms with E-state index in [1.54, 1.807) is 6.20 Å². The minimum Gasteiger partial charge on any atom is -0.365 e. The van der Waals surface area contributed by atoms with Gasteiger partial charge >= 0.3 is 0 Å². The highest BCUT2D eigenvalue weighted by Crippen LogP contribution is 2.19. The average molecular weight is 382 g/mol. The Bertz CT molecular complexity index is 820. The summed E-state index contributed by atoms with van der Waals surface area (Å²) >= 11 is 4.60. The van der Waals surface area contributed by atoms with Gasteiger partial charge in [-0.3, -0.25) is 0 Å². The maximum absolute atomic E-state index is 4.60. The number of anilines is 2. The summed E-state index contributed by atoms with van der Waals surface area (Å²) in [6.07, 6.45) is 7.36. The molecule has 0 aliphatic carbocycles. The van der Waals surface area contributed by atoms with Crippen molar-refractivity contribution in [1.29, 1.82) is 0 Å². The number of piperidine rings is 1. The van der Waals surface area contributed by atoms with Crippen LogP contribution in [0.3, 0.4) is 0 Å². The molecular weight excluding hydrogens is 354 g/mol. The molecule has 1 aromatic heterocycles. The van der Waals surface area contributed by atoms with E-state index in [1.165, 1.54) is 30.4 Å². The van der Waals surface area contributed by atoms with E-state index < -0.39 is 0 Å². The fraction of sp³-hybridized carbons (Fsp3) is 0.333. The van der Waals surface area contributed by atoms with Crippen LogP contribution in [0.2, 0.25) is 0 Å². The molecule has 2 aromatic rings. The molecule has 0 atom stereocenters. The molecule has 0 bridgehead atoms. The molecule has 1 aliphatic heterocycles. The lowest BCUT2D eigenvalue weighted by Crippen LogP contribution is -2.28. The zero-order valence-corrected chi connectivity index (χ0v) is 16.9. The molecule has 2 N–H and O–H groups in total. The molecule has 0 spiro atoms. The molecule has 0 unspecified atom stereocenters. The Kier molecular flexibility index (Phi) is 6.40. The Morgan fingerprint density at radius 3 is 2.56 bits per heavy atom. The fourth-order valence-electron chi connectivity index (χ4n) is 3.20. The lowest BCUT2D eigenvalue weighted by Gasteiger charge is -2.28. The van der Waals surface area contributed by atoms with E-state index in [9.17, 15) is 0 Å². The first-order valence-corrected chi connectivity index (χ1v) is 9.74. The second-order valence-corrected chi connectivity index (χ2v) is 7.40. The molecule has 1 aromatic carbocycles. The summed E-state index contributed by atoms with van der Waals surface area (Å²) in [5.41, 5.74) is 4.83. The lowest BCUT2D eigenvalue weighted by atomic mass is 10.1. The lowest BCUT2D eigenvalue weighted by molar-refractivity contribution is 0.302. The van der Waals surface area contributed by atoms with Crippen LogP contribution in [-0.4, -0.2) is 28.0 Å². The average Bonchev–Trinajstić information content (AvgIpc) is 2.66. The van der Waals surface area contributed by atoms with Crippen molar-refractivity contribution in [2.24, 2.45) is 0 Å². The second-order valence-electron chi connectivity index (χ2n) is 6.94. The third-order valence-corrected chi connectivity index (χ3v) is 4.91. The van der Waals surface area contributed by atoms with Gasteiger partial charge in [0.15, 0.2) is 0 Å². The first-order chi connectivity index (χ1) is 13.0. The Balaban J connectivity index is 1.66. The molecule has 2 heterocycles. The van der Waals surface area contributed by atoms with Crippen molar-refractivity contribution in [2.75, 3.05) is 18.4 Å². The van der Waals surface area contributed by atoms with Crippen LogP contribution in [0.15, 0.2) is 48.3 Å². The largest absolute Gasteiger partial charge is 0.365 e. The Morgan fingerprint density at radius 2 is 1.85 bits per heavy atom. The Labute approximate surface area is 167 Å². The van der Waals surface area contributed by atoms with Gasteiger partial charge in [-0.05, 0) is 62.4 Å². The number of hydrogen-bond acceptors (Lipinski definition) is 6. The van der Waals surface area contributed by atoms with Crippen LogP contribution in [0.1, 0.15) is 36.1 Å². The van der Waals surface area contributed by atoms with Crippen molar-refractivity contribution in [3.63, 3.8) is 0 Å². The number of rotatable bonds is 6. The van der Waals surface area contributed by atoms with Crippen LogP contribution in [0, 0.1) is 13.8 Å². The number of nitrogens with one attached hydrogen (secondary N) is 2. The van der Waals surface area contributed by atoms with Crippen molar-refractivity contribution in [2.45, 2.75) is 33.1 Å².